The second-order valence-electron chi connectivity index (χ2n) is 5.60. The zero-order chi connectivity index (χ0) is 17.6. The van der Waals surface area contributed by atoms with Gasteiger partial charge in [-0.25, -0.2) is 9.59 Å². The first-order valence-corrected chi connectivity index (χ1v) is 8.17. The van der Waals surface area contributed by atoms with Gasteiger partial charge in [-0.15, -0.1) is 0 Å². The fourth-order valence-corrected chi connectivity index (χ4v) is 4.28. The summed E-state index contributed by atoms with van der Waals surface area (Å²) >= 11 is 1.66. The third-order valence-corrected chi connectivity index (χ3v) is 5.48. The molecule has 0 amide bonds. The number of aromatic carboxylic acids is 2. The largest absolute Gasteiger partial charge is 0.478 e. The van der Waals surface area contributed by atoms with Crippen molar-refractivity contribution in [3.05, 3.63) is 70.8 Å². The van der Waals surface area contributed by atoms with Crippen molar-refractivity contribution in [2.24, 2.45) is 0 Å². The van der Waals surface area contributed by atoms with Crippen molar-refractivity contribution >= 4 is 34.5 Å². The fraction of sp³-hybridized carbons (Fsp3) is 0.0526. The highest BCUT2D eigenvalue weighted by Crippen LogP contribution is 2.42. The zero-order valence-corrected chi connectivity index (χ0v) is 13.2. The van der Waals surface area contributed by atoms with Crippen LogP contribution in [0.3, 0.4) is 0 Å². The molecule has 5 heteroatoms. The molecule has 2 N–H and O–H groups in total. The molecule has 0 bridgehead atoms. The van der Waals surface area contributed by atoms with E-state index in [1.54, 1.807) is 23.9 Å². The average Bonchev–Trinajstić information content (AvgIpc) is 2.64. The first-order chi connectivity index (χ1) is 12.1. The van der Waals surface area contributed by atoms with Crippen LogP contribution in [-0.2, 0) is 6.42 Å². The van der Waals surface area contributed by atoms with E-state index < -0.39 is 11.9 Å². The predicted octanol–water partition coefficient (Wildman–Crippen LogP) is 4.29. The van der Waals surface area contributed by atoms with Gasteiger partial charge in [0.25, 0.3) is 1.43 Å². The van der Waals surface area contributed by atoms with Crippen molar-refractivity contribution in [1.29, 1.82) is 1.43 Å². The quantitative estimate of drug-likeness (QED) is 0.571. The molecule has 0 saturated carbocycles. The monoisotopic (exact) mass is 337 g/mol. The van der Waals surface area contributed by atoms with Crippen LogP contribution in [0.4, 0.5) is 0 Å². The molecule has 4 nitrogen and oxygen atoms in total. The molecule has 1 aliphatic heterocycles. The Labute approximate surface area is 143 Å². The first kappa shape index (κ1) is 13.6. The van der Waals surface area contributed by atoms with Gasteiger partial charge in [0.2, 0.25) is 0 Å². The number of benzene rings is 3. The van der Waals surface area contributed by atoms with Crippen LogP contribution >= 0.6 is 11.8 Å². The number of carbonyl (C=O) groups is 2. The van der Waals surface area contributed by atoms with E-state index in [9.17, 15) is 14.7 Å². The molecule has 3 aromatic rings. The molecule has 0 spiro atoms. The van der Waals surface area contributed by atoms with Crippen molar-refractivity contribution in [2.75, 3.05) is 0 Å². The van der Waals surface area contributed by atoms with Crippen LogP contribution in [0.1, 0.15) is 31.8 Å². The summed E-state index contributed by atoms with van der Waals surface area (Å²) < 4.78 is 6.90. The van der Waals surface area contributed by atoms with E-state index in [1.165, 1.54) is 16.5 Å². The molecule has 0 unspecified atom stereocenters. The van der Waals surface area contributed by atoms with E-state index in [1.807, 2.05) is 18.2 Å². The molecule has 0 aliphatic carbocycles. The van der Waals surface area contributed by atoms with Crippen molar-refractivity contribution < 1.29 is 19.8 Å². The van der Waals surface area contributed by atoms with Gasteiger partial charge in [-0.05, 0) is 40.1 Å². The molecule has 1 heterocycles. The Balaban J connectivity index is 1.99. The summed E-state index contributed by atoms with van der Waals surface area (Å²) in [4.78, 5) is 25.8. The van der Waals surface area contributed by atoms with Crippen molar-refractivity contribution in [3.63, 3.8) is 0 Å². The molecule has 4 rings (SSSR count). The SMILES string of the molecule is [2H]OC(=O)c1c(C(=O)O)ccc2c3c(ccc12)Sc1ccccc1C3. The zero-order valence-electron chi connectivity index (χ0n) is 13.4. The van der Waals surface area contributed by atoms with Gasteiger partial charge in [0.05, 0.1) is 11.1 Å². The average molecular weight is 337 g/mol. The molecule has 0 aromatic heterocycles. The van der Waals surface area contributed by atoms with Crippen LogP contribution in [0.5, 0.6) is 0 Å². The van der Waals surface area contributed by atoms with Gasteiger partial charge in [0, 0.05) is 16.2 Å². The normalized spacial score (nSPS) is 12.9. The maximum atomic E-state index is 12.0. The third kappa shape index (κ3) is 2.17. The summed E-state index contributed by atoms with van der Waals surface area (Å²) in [5.74, 6) is -2.19. The molecule has 0 saturated heterocycles. The molecule has 0 fully saturated rings. The van der Waals surface area contributed by atoms with Gasteiger partial charge in [-0.1, -0.05) is 42.1 Å². The summed E-state index contributed by atoms with van der Waals surface area (Å²) in [6, 6.07) is 14.9. The van der Waals surface area contributed by atoms with E-state index >= 15 is 0 Å². The standard InChI is InChI=1S/C19H12O4S/c20-18(21)13-6-5-11-12(17(13)19(22)23)7-8-16-14(11)9-10-3-1-2-4-15(10)24-16/h1-8H,9H2,(H,20,21)(H,22,23)/i/hD. The molecule has 3 aromatic carbocycles. The van der Waals surface area contributed by atoms with E-state index in [0.29, 0.717) is 11.8 Å². The second-order valence-corrected chi connectivity index (χ2v) is 6.69. The van der Waals surface area contributed by atoms with Crippen molar-refractivity contribution in [1.82, 2.24) is 0 Å². The van der Waals surface area contributed by atoms with Crippen LogP contribution in [0.2, 0.25) is 0 Å². The summed E-state index contributed by atoms with van der Waals surface area (Å²) in [5, 5.41) is 14.7. The molecular weight excluding hydrogens is 324 g/mol. The van der Waals surface area contributed by atoms with Crippen molar-refractivity contribution in [3.8, 4) is 0 Å². The molecule has 0 radical (unpaired) electrons. The van der Waals surface area contributed by atoms with Gasteiger partial charge in [0.1, 0.15) is 0 Å². The maximum Gasteiger partial charge on any atom is 0.337 e. The maximum absolute atomic E-state index is 12.0. The minimum Gasteiger partial charge on any atom is -0.478 e. The smallest absolute Gasteiger partial charge is 0.337 e. The highest BCUT2D eigenvalue weighted by atomic mass is 32.2. The lowest BCUT2D eigenvalue weighted by atomic mass is 9.93. The van der Waals surface area contributed by atoms with Gasteiger partial charge in [0.15, 0.2) is 0 Å². The summed E-state index contributed by atoms with van der Waals surface area (Å²) in [7, 11) is 0. The number of carboxylic acid groups (broad SMARTS) is 2. The number of rotatable bonds is 2. The number of hydrogen-bond donors (Lipinski definition) is 2. The molecular formula is C19H12O4S. The van der Waals surface area contributed by atoms with Gasteiger partial charge >= 0.3 is 11.9 Å². The summed E-state index contributed by atoms with van der Waals surface area (Å²) in [6.45, 7) is 0. The van der Waals surface area contributed by atoms with E-state index in [4.69, 9.17) is 1.43 Å². The fourth-order valence-electron chi connectivity index (χ4n) is 3.18. The van der Waals surface area contributed by atoms with Gasteiger partial charge < -0.3 is 10.2 Å². The van der Waals surface area contributed by atoms with E-state index in [-0.39, 0.29) is 11.1 Å². The van der Waals surface area contributed by atoms with Crippen LogP contribution in [0, 0.1) is 0 Å². The number of carboxylic acids is 2. The lowest BCUT2D eigenvalue weighted by Crippen LogP contribution is -2.10. The van der Waals surface area contributed by atoms with E-state index in [0.717, 1.165) is 15.8 Å². The van der Waals surface area contributed by atoms with E-state index in [2.05, 4.69) is 17.2 Å². The topological polar surface area (TPSA) is 74.6 Å². The molecule has 118 valence electrons. The number of hydrogen-bond acceptors (Lipinski definition) is 4. The molecule has 1 aliphatic rings. The summed E-state index contributed by atoms with van der Waals surface area (Å²) in [5.41, 5.74) is 2.01. The Hall–Kier alpha value is -2.79. The lowest BCUT2D eigenvalue weighted by Gasteiger charge is -2.21. The molecule has 0 atom stereocenters. The highest BCUT2D eigenvalue weighted by Gasteiger charge is 2.23. The predicted molar refractivity (Wildman–Crippen MR) is 91.2 cm³/mol. The Bertz CT molecular complexity index is 1050. The van der Waals surface area contributed by atoms with Crippen molar-refractivity contribution in [2.45, 2.75) is 16.2 Å². The van der Waals surface area contributed by atoms with Gasteiger partial charge in [-0.2, -0.15) is 0 Å². The summed E-state index contributed by atoms with van der Waals surface area (Å²) in [6.07, 6.45) is 0.706. The lowest BCUT2D eigenvalue weighted by molar-refractivity contribution is 0.0653. The van der Waals surface area contributed by atoms with Crippen LogP contribution in [-0.4, -0.2) is 22.2 Å². The first-order valence-electron chi connectivity index (χ1n) is 7.76. The Kier molecular flexibility index (Phi) is 3.06. The Morgan fingerprint density at radius 1 is 0.958 bits per heavy atom. The third-order valence-electron chi connectivity index (χ3n) is 4.26. The van der Waals surface area contributed by atoms with Crippen LogP contribution in [0.25, 0.3) is 12.2 Å². The highest BCUT2D eigenvalue weighted by molar-refractivity contribution is 7.99. The van der Waals surface area contributed by atoms with Crippen LogP contribution in [0.15, 0.2) is 58.3 Å². The minimum atomic E-state index is -1.22. The second kappa shape index (κ2) is 5.39. The Morgan fingerprint density at radius 3 is 2.54 bits per heavy atom. The minimum absolute atomic E-state index is 0.0772. The number of fused-ring (bicyclic) bond motifs is 4. The van der Waals surface area contributed by atoms with Gasteiger partial charge in [-0.3, -0.25) is 0 Å². The molecule has 24 heavy (non-hydrogen) atoms. The Morgan fingerprint density at radius 2 is 1.75 bits per heavy atom. The van der Waals surface area contributed by atoms with Crippen LogP contribution < -0.4 is 0 Å².